The number of nitrogens with zero attached hydrogens (tertiary/aromatic N) is 1. The highest BCUT2D eigenvalue weighted by molar-refractivity contribution is 7.89. The van der Waals surface area contributed by atoms with E-state index in [0.717, 1.165) is 13.1 Å². The van der Waals surface area contributed by atoms with Gasteiger partial charge in [-0.05, 0) is 6.92 Å². The summed E-state index contributed by atoms with van der Waals surface area (Å²) in [5, 5.41) is 12.9. The fourth-order valence-corrected chi connectivity index (χ4v) is 1.82. The summed E-state index contributed by atoms with van der Waals surface area (Å²) in [5.41, 5.74) is -1.11. The molecule has 1 rings (SSSR count). The number of hydrogen-bond donors (Lipinski definition) is 2. The molecule has 0 amide bonds. The van der Waals surface area contributed by atoms with E-state index in [1.807, 2.05) is 0 Å². The summed E-state index contributed by atoms with van der Waals surface area (Å²) in [6.07, 6.45) is -2.31. The van der Waals surface area contributed by atoms with Crippen LogP contribution in [0.15, 0.2) is 11.2 Å². The summed E-state index contributed by atoms with van der Waals surface area (Å²) in [4.78, 5) is 3.19. The van der Waals surface area contributed by atoms with Gasteiger partial charge in [0.1, 0.15) is 5.75 Å². The molecule has 0 saturated heterocycles. The average molecular weight is 238 g/mol. The molecule has 0 aliphatic heterocycles. The molecule has 0 fully saturated rings. The van der Waals surface area contributed by atoms with Crippen LogP contribution in [-0.2, 0) is 10.0 Å². The van der Waals surface area contributed by atoms with Crippen molar-refractivity contribution in [1.29, 1.82) is 0 Å². The van der Waals surface area contributed by atoms with E-state index in [4.69, 9.17) is 10.2 Å². The number of sulfonamides is 1. The van der Waals surface area contributed by atoms with Gasteiger partial charge in [-0.3, -0.25) is 0 Å². The lowest BCUT2D eigenvalue weighted by atomic mass is 10.1. The van der Waals surface area contributed by atoms with Crippen molar-refractivity contribution in [3.63, 3.8) is 0 Å². The summed E-state index contributed by atoms with van der Waals surface area (Å²) in [5.74, 6) is -0.502. The minimum atomic E-state index is -4.32. The van der Waals surface area contributed by atoms with Crippen molar-refractivity contribution in [2.24, 2.45) is 5.14 Å². The normalized spacial score (nSPS) is 12.1. The van der Waals surface area contributed by atoms with Gasteiger partial charge in [-0.2, -0.15) is 0 Å². The molecule has 1 aromatic heterocycles. The Bertz CT molecular complexity index is 487. The molecule has 84 valence electrons. The van der Waals surface area contributed by atoms with Gasteiger partial charge >= 0.3 is 0 Å². The Labute approximate surface area is 84.6 Å². The van der Waals surface area contributed by atoms with Crippen molar-refractivity contribution in [2.45, 2.75) is 18.4 Å². The first-order valence-electron chi connectivity index (χ1n) is 3.74. The zero-order valence-electron chi connectivity index (χ0n) is 7.61. The van der Waals surface area contributed by atoms with Gasteiger partial charge in [-0.25, -0.2) is 27.3 Å². The maximum Gasteiger partial charge on any atom is 0.267 e. The Hall–Kier alpha value is -1.28. The van der Waals surface area contributed by atoms with E-state index in [1.54, 1.807) is 0 Å². The van der Waals surface area contributed by atoms with Gasteiger partial charge in [-0.1, -0.05) is 0 Å². The van der Waals surface area contributed by atoms with Crippen LogP contribution in [0.1, 0.15) is 17.6 Å². The largest absolute Gasteiger partial charge is 0.506 e. The average Bonchev–Trinajstić information content (AvgIpc) is 2.06. The highest BCUT2D eigenvalue weighted by Crippen LogP contribution is 2.31. The molecule has 8 heteroatoms. The zero-order valence-corrected chi connectivity index (χ0v) is 8.42. The van der Waals surface area contributed by atoms with Gasteiger partial charge in [0.15, 0.2) is 5.03 Å². The van der Waals surface area contributed by atoms with Crippen molar-refractivity contribution >= 4 is 10.0 Å². The van der Waals surface area contributed by atoms with E-state index in [2.05, 4.69) is 4.98 Å². The van der Waals surface area contributed by atoms with Gasteiger partial charge in [-0.15, -0.1) is 0 Å². The topological polar surface area (TPSA) is 93.3 Å². The third-order valence-electron chi connectivity index (χ3n) is 1.81. The van der Waals surface area contributed by atoms with Crippen molar-refractivity contribution in [1.82, 2.24) is 4.98 Å². The lowest BCUT2D eigenvalue weighted by Crippen LogP contribution is -2.17. The molecule has 0 aliphatic rings. The van der Waals surface area contributed by atoms with Gasteiger partial charge in [0.2, 0.25) is 0 Å². The van der Waals surface area contributed by atoms with Crippen molar-refractivity contribution in [2.75, 3.05) is 0 Å². The second-order valence-corrected chi connectivity index (χ2v) is 4.31. The van der Waals surface area contributed by atoms with Crippen LogP contribution in [0.5, 0.6) is 5.75 Å². The van der Waals surface area contributed by atoms with Crippen LogP contribution in [0.3, 0.4) is 0 Å². The second-order valence-electron chi connectivity index (χ2n) is 2.83. The molecule has 0 atom stereocenters. The van der Waals surface area contributed by atoms with Crippen molar-refractivity contribution in [3.05, 3.63) is 17.3 Å². The van der Waals surface area contributed by atoms with Crippen LogP contribution in [0.4, 0.5) is 8.78 Å². The molecule has 1 aromatic rings. The second kappa shape index (κ2) is 3.70. The molecular formula is C7H8F2N2O3S. The summed E-state index contributed by atoms with van der Waals surface area (Å²) in [6.45, 7) is 1.16. The fraction of sp³-hybridized carbons (Fsp3) is 0.286. The summed E-state index contributed by atoms with van der Waals surface area (Å²) in [7, 11) is -4.32. The molecule has 0 aromatic carbocycles. The quantitative estimate of drug-likeness (QED) is 0.792. The SMILES string of the molecule is Cc1c(O)cnc(S(N)(=O)=O)c1C(F)F. The Balaban J connectivity index is 3.62. The number of halogens is 2. The van der Waals surface area contributed by atoms with Crippen LogP contribution in [0, 0.1) is 6.92 Å². The first-order valence-corrected chi connectivity index (χ1v) is 5.29. The summed E-state index contributed by atoms with van der Waals surface area (Å²) in [6, 6.07) is 0. The molecule has 3 N–H and O–H groups in total. The van der Waals surface area contributed by atoms with Gasteiger partial charge < -0.3 is 5.11 Å². The van der Waals surface area contributed by atoms with Crippen LogP contribution in [0.2, 0.25) is 0 Å². The number of primary sulfonamides is 1. The third kappa shape index (κ3) is 2.21. The maximum absolute atomic E-state index is 12.5. The minimum absolute atomic E-state index is 0.246. The molecule has 0 aliphatic carbocycles. The van der Waals surface area contributed by atoms with E-state index in [1.165, 1.54) is 0 Å². The van der Waals surface area contributed by atoms with Crippen LogP contribution < -0.4 is 5.14 Å². The number of nitrogens with two attached hydrogens (primary N) is 1. The fourth-order valence-electron chi connectivity index (χ4n) is 1.07. The molecule has 15 heavy (non-hydrogen) atoms. The third-order valence-corrected chi connectivity index (χ3v) is 2.67. The number of rotatable bonds is 2. The Morgan fingerprint density at radius 1 is 1.53 bits per heavy atom. The number of alkyl halides is 2. The first-order chi connectivity index (χ1) is 6.75. The van der Waals surface area contributed by atoms with E-state index >= 15 is 0 Å². The lowest BCUT2D eigenvalue weighted by molar-refractivity contribution is 0.145. The summed E-state index contributed by atoms with van der Waals surface area (Å²) >= 11 is 0. The Morgan fingerprint density at radius 3 is 2.47 bits per heavy atom. The Kier molecular flexibility index (Phi) is 2.91. The number of hydrogen-bond acceptors (Lipinski definition) is 4. The van der Waals surface area contributed by atoms with E-state index in [-0.39, 0.29) is 5.56 Å². The molecule has 0 unspecified atom stereocenters. The van der Waals surface area contributed by atoms with Crippen LogP contribution in [-0.4, -0.2) is 18.5 Å². The van der Waals surface area contributed by atoms with Gasteiger partial charge in [0, 0.05) is 5.56 Å². The molecule has 1 heterocycles. The highest BCUT2D eigenvalue weighted by atomic mass is 32.2. The predicted molar refractivity (Wildman–Crippen MR) is 47.0 cm³/mol. The van der Waals surface area contributed by atoms with E-state index in [9.17, 15) is 17.2 Å². The highest BCUT2D eigenvalue weighted by Gasteiger charge is 2.25. The lowest BCUT2D eigenvalue weighted by Gasteiger charge is -2.10. The number of aromatic nitrogens is 1. The monoisotopic (exact) mass is 238 g/mol. The van der Waals surface area contributed by atoms with Crippen LogP contribution >= 0.6 is 0 Å². The maximum atomic E-state index is 12.5. The van der Waals surface area contributed by atoms with Crippen molar-refractivity contribution in [3.8, 4) is 5.75 Å². The van der Waals surface area contributed by atoms with Crippen molar-refractivity contribution < 1.29 is 22.3 Å². The zero-order chi connectivity index (χ0) is 11.8. The number of aromatic hydroxyl groups is 1. The van der Waals surface area contributed by atoms with E-state index < -0.39 is 32.8 Å². The Morgan fingerprint density at radius 2 is 2.07 bits per heavy atom. The molecule has 5 nitrogen and oxygen atoms in total. The summed E-state index contributed by atoms with van der Waals surface area (Å²) < 4.78 is 46.9. The predicted octanol–water partition coefficient (Wildman–Crippen LogP) is 0.681. The first kappa shape index (κ1) is 11.8. The molecule has 0 radical (unpaired) electrons. The molecule has 0 spiro atoms. The molecule has 0 bridgehead atoms. The molecular weight excluding hydrogens is 230 g/mol. The minimum Gasteiger partial charge on any atom is -0.506 e. The van der Waals surface area contributed by atoms with Crippen LogP contribution in [0.25, 0.3) is 0 Å². The number of pyridine rings is 1. The smallest absolute Gasteiger partial charge is 0.267 e. The molecule has 0 saturated carbocycles. The standard InChI is InChI=1S/C7H8F2N2O3S/c1-3-4(12)2-11-7(15(10,13)14)5(3)6(8)9/h2,6,12H,1H3,(H2,10,13,14). The van der Waals surface area contributed by atoms with Gasteiger partial charge in [0.05, 0.1) is 11.8 Å². The van der Waals surface area contributed by atoms with Gasteiger partial charge in [0.25, 0.3) is 16.4 Å². The van der Waals surface area contributed by atoms with E-state index in [0.29, 0.717) is 0 Å².